The fraction of sp³-hybridized carbons (Fsp3) is 0.471. The number of aliphatic carboxylic acids is 1. The van der Waals surface area contributed by atoms with E-state index in [1.807, 2.05) is 13.8 Å². The summed E-state index contributed by atoms with van der Waals surface area (Å²) in [5, 5.41) is 13.9. The highest BCUT2D eigenvalue weighted by atomic mass is 19.1. The number of hydrogen-bond acceptors (Lipinski definition) is 3. The van der Waals surface area contributed by atoms with Gasteiger partial charge in [-0.25, -0.2) is 9.18 Å². The number of carboxylic acids is 1. The van der Waals surface area contributed by atoms with E-state index in [1.165, 1.54) is 12.1 Å². The van der Waals surface area contributed by atoms with Gasteiger partial charge in [0.1, 0.15) is 11.9 Å². The van der Waals surface area contributed by atoms with Gasteiger partial charge in [-0.2, -0.15) is 0 Å². The van der Waals surface area contributed by atoms with Crippen LogP contribution in [0.4, 0.5) is 4.39 Å². The maximum absolute atomic E-state index is 13.6. The molecule has 0 radical (unpaired) electrons. The molecule has 132 valence electrons. The van der Waals surface area contributed by atoms with Crippen molar-refractivity contribution in [2.45, 2.75) is 40.2 Å². The Balaban J connectivity index is 2.63. The van der Waals surface area contributed by atoms with Gasteiger partial charge in [0.15, 0.2) is 0 Å². The predicted molar refractivity (Wildman–Crippen MR) is 87.2 cm³/mol. The Bertz CT molecular complexity index is 620. The number of rotatable bonds is 7. The van der Waals surface area contributed by atoms with Gasteiger partial charge in [-0.05, 0) is 49.4 Å². The first-order valence-corrected chi connectivity index (χ1v) is 7.69. The first-order valence-electron chi connectivity index (χ1n) is 7.69. The van der Waals surface area contributed by atoms with Gasteiger partial charge in [0.05, 0.1) is 6.54 Å². The van der Waals surface area contributed by atoms with Crippen molar-refractivity contribution in [2.75, 3.05) is 6.54 Å². The van der Waals surface area contributed by atoms with E-state index in [1.54, 1.807) is 13.8 Å². The zero-order chi connectivity index (χ0) is 18.4. The molecule has 0 bridgehead atoms. The molecule has 6 nitrogen and oxygen atoms in total. The van der Waals surface area contributed by atoms with E-state index in [2.05, 4.69) is 10.6 Å². The molecule has 0 fully saturated rings. The first-order chi connectivity index (χ1) is 11.1. The second-order valence-corrected chi connectivity index (χ2v) is 6.19. The van der Waals surface area contributed by atoms with Crippen LogP contribution in [0.25, 0.3) is 0 Å². The van der Waals surface area contributed by atoms with Gasteiger partial charge in [-0.3, -0.25) is 9.59 Å². The molecule has 0 aliphatic heterocycles. The minimum Gasteiger partial charge on any atom is -0.480 e. The number of amides is 2. The van der Waals surface area contributed by atoms with Crippen molar-refractivity contribution >= 4 is 17.8 Å². The smallest absolute Gasteiger partial charge is 0.326 e. The highest BCUT2D eigenvalue weighted by Gasteiger charge is 2.21. The Morgan fingerprint density at radius 2 is 1.71 bits per heavy atom. The predicted octanol–water partition coefficient (Wildman–Crippen LogP) is 1.79. The zero-order valence-electron chi connectivity index (χ0n) is 14.3. The van der Waals surface area contributed by atoms with E-state index >= 15 is 0 Å². The lowest BCUT2D eigenvalue weighted by Crippen LogP contribution is -2.46. The molecule has 0 spiro atoms. The van der Waals surface area contributed by atoms with Crippen molar-refractivity contribution in [2.24, 2.45) is 5.92 Å². The van der Waals surface area contributed by atoms with E-state index in [0.717, 1.165) is 0 Å². The Morgan fingerprint density at radius 3 is 2.17 bits per heavy atom. The molecule has 0 aliphatic rings. The lowest BCUT2D eigenvalue weighted by molar-refractivity contribution is -0.142. The third kappa shape index (κ3) is 5.64. The third-order valence-electron chi connectivity index (χ3n) is 3.45. The Hall–Kier alpha value is -2.44. The van der Waals surface area contributed by atoms with Gasteiger partial charge >= 0.3 is 5.97 Å². The van der Waals surface area contributed by atoms with Crippen LogP contribution >= 0.6 is 0 Å². The van der Waals surface area contributed by atoms with Crippen molar-refractivity contribution in [3.05, 3.63) is 34.6 Å². The number of carboxylic acid groups (broad SMARTS) is 1. The van der Waals surface area contributed by atoms with Crippen LogP contribution in [0.3, 0.4) is 0 Å². The number of carbonyl (C=O) groups is 3. The summed E-state index contributed by atoms with van der Waals surface area (Å²) in [6.07, 6.45) is 0.297. The summed E-state index contributed by atoms with van der Waals surface area (Å²) >= 11 is 0. The molecule has 1 aromatic rings. The highest BCUT2D eigenvalue weighted by molar-refractivity contribution is 5.97. The largest absolute Gasteiger partial charge is 0.480 e. The second kappa shape index (κ2) is 8.42. The number of nitrogens with one attached hydrogen (secondary N) is 2. The summed E-state index contributed by atoms with van der Waals surface area (Å²) < 4.78 is 13.6. The zero-order valence-corrected chi connectivity index (χ0v) is 14.3. The average Bonchev–Trinajstić information content (AvgIpc) is 2.48. The summed E-state index contributed by atoms with van der Waals surface area (Å²) in [4.78, 5) is 34.9. The van der Waals surface area contributed by atoms with Gasteiger partial charge in [0.2, 0.25) is 5.91 Å². The number of benzene rings is 1. The molecule has 0 heterocycles. The lowest BCUT2D eigenvalue weighted by atomic mass is 10.0. The van der Waals surface area contributed by atoms with Gasteiger partial charge in [0, 0.05) is 5.56 Å². The normalized spacial score (nSPS) is 11.9. The molecular formula is C17H23FN2O4. The summed E-state index contributed by atoms with van der Waals surface area (Å²) in [6, 6.07) is 1.80. The molecule has 1 aromatic carbocycles. The van der Waals surface area contributed by atoms with Crippen LogP contribution < -0.4 is 10.6 Å². The number of aryl methyl sites for hydroxylation is 2. The molecule has 2 amide bonds. The average molecular weight is 338 g/mol. The molecule has 1 rings (SSSR count). The Morgan fingerprint density at radius 1 is 1.17 bits per heavy atom. The van der Waals surface area contributed by atoms with Gasteiger partial charge in [-0.15, -0.1) is 0 Å². The molecule has 24 heavy (non-hydrogen) atoms. The van der Waals surface area contributed by atoms with Gasteiger partial charge in [0.25, 0.3) is 5.91 Å². The van der Waals surface area contributed by atoms with Crippen molar-refractivity contribution in [3.8, 4) is 0 Å². The van der Waals surface area contributed by atoms with Crippen LogP contribution in [0, 0.1) is 25.6 Å². The van der Waals surface area contributed by atoms with E-state index in [0.29, 0.717) is 17.5 Å². The third-order valence-corrected chi connectivity index (χ3v) is 3.45. The standard InChI is InChI=1S/C17H23FN2O4/c1-9(2)5-13(17(23)24)20-14(21)8-19-16(22)12-6-10(3)15(18)11(4)7-12/h6-7,9,13H,5,8H2,1-4H3,(H,19,22)(H,20,21)(H,23,24)/t13-/m0/s1. The number of carbonyl (C=O) groups excluding carboxylic acids is 2. The fourth-order valence-electron chi connectivity index (χ4n) is 2.28. The van der Waals surface area contributed by atoms with Gasteiger partial charge < -0.3 is 15.7 Å². The molecule has 0 aliphatic carbocycles. The molecule has 0 aromatic heterocycles. The molecule has 7 heteroatoms. The monoisotopic (exact) mass is 338 g/mol. The summed E-state index contributed by atoms with van der Waals surface area (Å²) in [5.74, 6) is -2.50. The van der Waals surface area contributed by atoms with Crippen molar-refractivity contribution in [3.63, 3.8) is 0 Å². The van der Waals surface area contributed by atoms with Crippen molar-refractivity contribution in [1.29, 1.82) is 0 Å². The van der Waals surface area contributed by atoms with Gasteiger partial charge in [-0.1, -0.05) is 13.8 Å². The van der Waals surface area contributed by atoms with Crippen LogP contribution in [-0.4, -0.2) is 35.5 Å². The lowest BCUT2D eigenvalue weighted by Gasteiger charge is -2.16. The van der Waals surface area contributed by atoms with E-state index in [9.17, 15) is 18.8 Å². The van der Waals surface area contributed by atoms with Crippen molar-refractivity contribution < 1.29 is 23.9 Å². The molecular weight excluding hydrogens is 315 g/mol. The first kappa shape index (κ1) is 19.6. The molecule has 0 saturated heterocycles. The second-order valence-electron chi connectivity index (χ2n) is 6.19. The van der Waals surface area contributed by atoms with Crippen LogP contribution in [0.5, 0.6) is 0 Å². The topological polar surface area (TPSA) is 95.5 Å². The van der Waals surface area contributed by atoms with Crippen LogP contribution in [0.1, 0.15) is 41.8 Å². The summed E-state index contributed by atoms with van der Waals surface area (Å²) in [5.41, 5.74) is 0.927. The molecule has 3 N–H and O–H groups in total. The molecule has 0 saturated carbocycles. The molecule has 1 atom stereocenters. The van der Waals surface area contributed by atoms with Crippen molar-refractivity contribution in [1.82, 2.24) is 10.6 Å². The fourth-order valence-corrected chi connectivity index (χ4v) is 2.28. The number of halogens is 1. The highest BCUT2D eigenvalue weighted by Crippen LogP contribution is 2.14. The summed E-state index contributed by atoms with van der Waals surface area (Å²) in [7, 11) is 0. The summed E-state index contributed by atoms with van der Waals surface area (Å²) in [6.45, 7) is 6.45. The van der Waals surface area contributed by atoms with Crippen LogP contribution in [-0.2, 0) is 9.59 Å². The number of hydrogen-bond donors (Lipinski definition) is 3. The van der Waals surface area contributed by atoms with E-state index in [-0.39, 0.29) is 23.8 Å². The van der Waals surface area contributed by atoms with Crippen LogP contribution in [0.2, 0.25) is 0 Å². The minimum atomic E-state index is -1.12. The minimum absolute atomic E-state index is 0.103. The van der Waals surface area contributed by atoms with E-state index in [4.69, 9.17) is 5.11 Å². The SMILES string of the molecule is Cc1cc(C(=O)NCC(=O)N[C@@H](CC(C)C)C(=O)O)cc(C)c1F. The molecule has 0 unspecified atom stereocenters. The maximum Gasteiger partial charge on any atom is 0.326 e. The maximum atomic E-state index is 13.6. The van der Waals surface area contributed by atoms with E-state index < -0.39 is 23.8 Å². The quantitative estimate of drug-likeness (QED) is 0.706. The Kier molecular flexibility index (Phi) is 6.88. The Labute approximate surface area is 140 Å². The van der Waals surface area contributed by atoms with Crippen LogP contribution in [0.15, 0.2) is 12.1 Å².